The van der Waals surface area contributed by atoms with Crippen LogP contribution in [0.5, 0.6) is 0 Å². The highest BCUT2D eigenvalue weighted by atomic mass is 16.8. The minimum Gasteiger partial charge on any atom is -0.431 e. The van der Waals surface area contributed by atoms with E-state index in [4.69, 9.17) is 18.9 Å². The van der Waals surface area contributed by atoms with Gasteiger partial charge in [0, 0.05) is 14.2 Å². The Bertz CT molecular complexity index is 243. The average Bonchev–Trinajstić information content (AvgIpc) is 2.46. The lowest BCUT2D eigenvalue weighted by Crippen LogP contribution is -2.19. The van der Waals surface area contributed by atoms with Crippen LogP contribution in [0.25, 0.3) is 0 Å². The van der Waals surface area contributed by atoms with E-state index < -0.39 is 12.3 Å². The molecule has 9 nitrogen and oxygen atoms in total. The van der Waals surface area contributed by atoms with Gasteiger partial charge in [-0.2, -0.15) is 0 Å². The van der Waals surface area contributed by atoms with Gasteiger partial charge in [0.15, 0.2) is 0 Å². The summed E-state index contributed by atoms with van der Waals surface area (Å²) in [4.78, 5) is 22.1. The van der Waals surface area contributed by atoms with Crippen LogP contribution in [0.2, 0.25) is 0 Å². The highest BCUT2D eigenvalue weighted by molar-refractivity contribution is 5.76. The summed E-state index contributed by atoms with van der Waals surface area (Å²) in [6, 6.07) is 0. The summed E-state index contributed by atoms with van der Waals surface area (Å²) >= 11 is 0. The molecule has 0 atom stereocenters. The topological polar surface area (TPSA) is 98.8 Å². The Hall–Kier alpha value is -1.42. The molecule has 9 heteroatoms. The SMILES string of the molecule is COCCOCCOC(=O)OC(=O)OCCOCCOC. The lowest BCUT2D eigenvalue weighted by Gasteiger charge is -2.07. The van der Waals surface area contributed by atoms with E-state index in [1.54, 1.807) is 14.2 Å². The van der Waals surface area contributed by atoms with Gasteiger partial charge in [-0.15, -0.1) is 0 Å². The van der Waals surface area contributed by atoms with Crippen molar-refractivity contribution in [2.75, 3.05) is 67.1 Å². The second kappa shape index (κ2) is 15.0. The lowest BCUT2D eigenvalue weighted by molar-refractivity contribution is 0.00139. The van der Waals surface area contributed by atoms with Gasteiger partial charge in [0.05, 0.1) is 39.6 Å². The molecule has 21 heavy (non-hydrogen) atoms. The number of hydrogen-bond donors (Lipinski definition) is 0. The van der Waals surface area contributed by atoms with Gasteiger partial charge >= 0.3 is 12.3 Å². The summed E-state index contributed by atoms with van der Waals surface area (Å²) < 4.78 is 33.0. The number of methoxy groups -OCH3 is 2. The Kier molecular flexibility index (Phi) is 14.0. The molecule has 124 valence electrons. The Labute approximate surface area is 123 Å². The quantitative estimate of drug-likeness (QED) is 0.291. The fourth-order valence-corrected chi connectivity index (χ4v) is 0.983. The summed E-state index contributed by atoms with van der Waals surface area (Å²) in [6.07, 6.45) is -2.29. The van der Waals surface area contributed by atoms with E-state index in [1.807, 2.05) is 0 Å². The van der Waals surface area contributed by atoms with E-state index in [0.717, 1.165) is 0 Å². The molecule has 0 aliphatic heterocycles. The Morgan fingerprint density at radius 1 is 0.619 bits per heavy atom. The number of carbonyl (C=O) groups excluding carboxylic acids is 2. The molecule has 0 N–H and O–H groups in total. The average molecular weight is 310 g/mol. The predicted molar refractivity (Wildman–Crippen MR) is 69.2 cm³/mol. The van der Waals surface area contributed by atoms with Crippen LogP contribution in [0.15, 0.2) is 0 Å². The third kappa shape index (κ3) is 14.8. The first-order valence-corrected chi connectivity index (χ1v) is 6.35. The van der Waals surface area contributed by atoms with Crippen LogP contribution in [-0.4, -0.2) is 79.4 Å². The first-order chi connectivity index (χ1) is 10.2. The van der Waals surface area contributed by atoms with Crippen LogP contribution in [-0.2, 0) is 33.2 Å². The minimum absolute atomic E-state index is 0.0318. The van der Waals surface area contributed by atoms with Crippen molar-refractivity contribution >= 4 is 12.3 Å². The molecule has 0 bridgehead atoms. The first kappa shape index (κ1) is 19.6. The third-order valence-electron chi connectivity index (χ3n) is 1.93. The molecule has 0 aromatic carbocycles. The maximum Gasteiger partial charge on any atom is 0.518 e. The molecule has 0 aromatic rings. The predicted octanol–water partition coefficient (Wildman–Crippen LogP) is 0.602. The molecule has 0 rings (SSSR count). The van der Waals surface area contributed by atoms with Gasteiger partial charge in [0.1, 0.15) is 13.2 Å². The van der Waals surface area contributed by atoms with Crippen molar-refractivity contribution in [2.45, 2.75) is 0 Å². The number of carbonyl (C=O) groups is 2. The number of hydrogen-bond acceptors (Lipinski definition) is 9. The van der Waals surface area contributed by atoms with E-state index >= 15 is 0 Å². The van der Waals surface area contributed by atoms with Gasteiger partial charge in [0.2, 0.25) is 0 Å². The molecule has 0 radical (unpaired) electrons. The zero-order valence-electron chi connectivity index (χ0n) is 12.3. The Balaban J connectivity index is 3.38. The molecule has 0 spiro atoms. The fraction of sp³-hybridized carbons (Fsp3) is 0.833. The van der Waals surface area contributed by atoms with E-state index in [9.17, 15) is 9.59 Å². The van der Waals surface area contributed by atoms with Gasteiger partial charge in [-0.05, 0) is 0 Å². The molecule has 0 saturated carbocycles. The second-order valence-corrected chi connectivity index (χ2v) is 3.51. The van der Waals surface area contributed by atoms with E-state index in [0.29, 0.717) is 26.4 Å². The molecule has 0 aliphatic rings. The summed E-state index contributed by atoms with van der Waals surface area (Å²) in [6.45, 7) is 1.97. The van der Waals surface area contributed by atoms with Crippen molar-refractivity contribution in [3.8, 4) is 0 Å². The molecular weight excluding hydrogens is 288 g/mol. The lowest BCUT2D eigenvalue weighted by atomic mass is 10.7. The van der Waals surface area contributed by atoms with Gasteiger partial charge in [-0.3, -0.25) is 0 Å². The Morgan fingerprint density at radius 3 is 1.38 bits per heavy atom. The summed E-state index contributed by atoms with van der Waals surface area (Å²) in [5.41, 5.74) is 0. The van der Waals surface area contributed by atoms with Crippen molar-refractivity contribution in [2.24, 2.45) is 0 Å². The maximum absolute atomic E-state index is 11.0. The normalized spacial score (nSPS) is 10.2. The molecule has 0 heterocycles. The molecule has 0 saturated heterocycles. The van der Waals surface area contributed by atoms with E-state index in [2.05, 4.69) is 14.2 Å². The maximum atomic E-state index is 11.0. The summed E-state index contributed by atoms with van der Waals surface area (Å²) in [7, 11) is 3.09. The molecule has 0 amide bonds. The largest absolute Gasteiger partial charge is 0.518 e. The first-order valence-electron chi connectivity index (χ1n) is 6.35. The zero-order chi connectivity index (χ0) is 15.8. The minimum atomic E-state index is -1.14. The molecule has 0 aliphatic carbocycles. The highest BCUT2D eigenvalue weighted by Gasteiger charge is 2.12. The van der Waals surface area contributed by atoms with Crippen molar-refractivity contribution in [3.63, 3.8) is 0 Å². The van der Waals surface area contributed by atoms with Gasteiger partial charge < -0.3 is 33.2 Å². The van der Waals surface area contributed by atoms with Crippen LogP contribution in [0.4, 0.5) is 9.59 Å². The highest BCUT2D eigenvalue weighted by Crippen LogP contribution is 1.91. The van der Waals surface area contributed by atoms with E-state index in [1.165, 1.54) is 0 Å². The van der Waals surface area contributed by atoms with Gasteiger partial charge in [-0.25, -0.2) is 9.59 Å². The number of rotatable bonds is 12. The smallest absolute Gasteiger partial charge is 0.431 e. The van der Waals surface area contributed by atoms with Crippen molar-refractivity contribution in [1.29, 1.82) is 0 Å². The number of ether oxygens (including phenoxy) is 7. The van der Waals surface area contributed by atoms with Gasteiger partial charge in [0.25, 0.3) is 0 Å². The van der Waals surface area contributed by atoms with Gasteiger partial charge in [-0.1, -0.05) is 0 Å². The second-order valence-electron chi connectivity index (χ2n) is 3.51. The van der Waals surface area contributed by atoms with Crippen molar-refractivity contribution < 1.29 is 42.7 Å². The molecular formula is C12H22O9. The molecule has 0 aromatic heterocycles. The van der Waals surface area contributed by atoms with Crippen LogP contribution < -0.4 is 0 Å². The van der Waals surface area contributed by atoms with Crippen molar-refractivity contribution in [3.05, 3.63) is 0 Å². The molecule has 0 unspecified atom stereocenters. The third-order valence-corrected chi connectivity index (χ3v) is 1.93. The van der Waals surface area contributed by atoms with Crippen LogP contribution >= 0.6 is 0 Å². The molecule has 0 fully saturated rings. The van der Waals surface area contributed by atoms with Crippen LogP contribution in [0.3, 0.4) is 0 Å². The Morgan fingerprint density at radius 2 is 1.00 bits per heavy atom. The summed E-state index contributed by atoms with van der Waals surface area (Å²) in [5.74, 6) is 0. The monoisotopic (exact) mass is 310 g/mol. The van der Waals surface area contributed by atoms with Crippen LogP contribution in [0, 0.1) is 0 Å². The van der Waals surface area contributed by atoms with Crippen molar-refractivity contribution in [1.82, 2.24) is 0 Å². The standard InChI is InChI=1S/C12H22O9/c1-15-3-5-17-7-9-19-11(13)21-12(14)20-10-8-18-6-4-16-2/h3-10H2,1-2H3. The van der Waals surface area contributed by atoms with E-state index in [-0.39, 0.29) is 26.4 Å². The van der Waals surface area contributed by atoms with Crippen LogP contribution in [0.1, 0.15) is 0 Å². The zero-order valence-corrected chi connectivity index (χ0v) is 12.3. The fourth-order valence-electron chi connectivity index (χ4n) is 0.983. The summed E-state index contributed by atoms with van der Waals surface area (Å²) in [5, 5.41) is 0.